The molecule has 1 N–H and O–H groups in total. The van der Waals surface area contributed by atoms with Crippen molar-refractivity contribution in [1.82, 2.24) is 14.9 Å². The predicted octanol–water partition coefficient (Wildman–Crippen LogP) is 5.82. The molecule has 0 atom stereocenters. The second kappa shape index (κ2) is 9.57. The van der Waals surface area contributed by atoms with Crippen molar-refractivity contribution in [1.29, 1.82) is 0 Å². The fourth-order valence-electron chi connectivity index (χ4n) is 4.34. The third-order valence-electron chi connectivity index (χ3n) is 6.54. The molecule has 170 valence electrons. The maximum atomic E-state index is 13.1. The Hall–Kier alpha value is -3.47. The van der Waals surface area contributed by atoms with Crippen molar-refractivity contribution in [2.24, 2.45) is 0 Å². The average molecular weight is 444 g/mol. The molecular weight excluding hydrogens is 413 g/mol. The molecule has 33 heavy (non-hydrogen) atoms. The topological polar surface area (TPSA) is 46.9 Å². The molecule has 4 rings (SSSR count). The van der Waals surface area contributed by atoms with E-state index in [0.717, 1.165) is 36.2 Å². The number of rotatable bonds is 7. The van der Waals surface area contributed by atoms with E-state index < -0.39 is 0 Å². The molecule has 1 amide bonds. The van der Waals surface area contributed by atoms with Gasteiger partial charge in [-0.25, -0.2) is 9.37 Å². The van der Waals surface area contributed by atoms with Gasteiger partial charge in [-0.2, -0.15) is 0 Å². The van der Waals surface area contributed by atoms with Crippen LogP contribution in [0.25, 0.3) is 11.0 Å². The maximum absolute atomic E-state index is 13.1. The Labute approximate surface area is 194 Å². The number of imidazole rings is 1. The number of nitrogens with zero attached hydrogens (tertiary/aromatic N) is 2. The van der Waals surface area contributed by atoms with Crippen LogP contribution in [0.3, 0.4) is 0 Å². The Morgan fingerprint density at radius 2 is 1.64 bits per heavy atom. The third-order valence-corrected chi connectivity index (χ3v) is 6.54. The highest BCUT2D eigenvalue weighted by Crippen LogP contribution is 2.26. The summed E-state index contributed by atoms with van der Waals surface area (Å²) in [5, 5.41) is 2.93. The molecule has 0 saturated carbocycles. The van der Waals surface area contributed by atoms with Gasteiger partial charge in [0, 0.05) is 25.1 Å². The highest BCUT2D eigenvalue weighted by atomic mass is 19.1. The van der Waals surface area contributed by atoms with Crippen LogP contribution in [-0.2, 0) is 13.0 Å². The van der Waals surface area contributed by atoms with Gasteiger partial charge in [0.1, 0.15) is 11.6 Å². The summed E-state index contributed by atoms with van der Waals surface area (Å²) in [4.78, 5) is 17.2. The van der Waals surface area contributed by atoms with E-state index in [1.807, 2.05) is 12.1 Å². The van der Waals surface area contributed by atoms with Crippen LogP contribution in [0.15, 0.2) is 54.6 Å². The molecule has 0 fully saturated rings. The summed E-state index contributed by atoms with van der Waals surface area (Å²) >= 11 is 0. The number of benzene rings is 3. The van der Waals surface area contributed by atoms with Crippen molar-refractivity contribution in [2.45, 2.75) is 47.1 Å². The van der Waals surface area contributed by atoms with Gasteiger partial charge in [-0.1, -0.05) is 18.2 Å². The molecule has 0 aliphatic carbocycles. The molecule has 3 aromatic carbocycles. The first-order valence-electron chi connectivity index (χ1n) is 11.4. The first-order valence-corrected chi connectivity index (χ1v) is 11.4. The lowest BCUT2D eigenvalue weighted by molar-refractivity contribution is 0.0953. The van der Waals surface area contributed by atoms with Gasteiger partial charge in [0.2, 0.25) is 0 Å². The number of aromatic nitrogens is 2. The van der Waals surface area contributed by atoms with Gasteiger partial charge in [-0.15, -0.1) is 0 Å². The minimum atomic E-state index is -0.347. The number of hydrogen-bond acceptors (Lipinski definition) is 2. The van der Waals surface area contributed by atoms with E-state index in [9.17, 15) is 9.18 Å². The van der Waals surface area contributed by atoms with Crippen molar-refractivity contribution < 1.29 is 9.18 Å². The average Bonchev–Trinajstić information content (AvgIpc) is 3.15. The molecule has 5 heteroatoms. The zero-order valence-electron chi connectivity index (χ0n) is 19.7. The normalized spacial score (nSPS) is 11.2. The van der Waals surface area contributed by atoms with Crippen LogP contribution in [0.2, 0.25) is 0 Å². The molecule has 4 aromatic rings. The summed E-state index contributed by atoms with van der Waals surface area (Å²) in [6.07, 6.45) is 1.52. The number of carbonyl (C=O) groups is 1. The number of hydrogen-bond donors (Lipinski definition) is 1. The van der Waals surface area contributed by atoms with E-state index in [1.54, 1.807) is 0 Å². The molecule has 1 heterocycles. The van der Waals surface area contributed by atoms with Gasteiger partial charge in [-0.3, -0.25) is 4.79 Å². The molecule has 0 aliphatic rings. The first kappa shape index (κ1) is 22.7. The smallest absolute Gasteiger partial charge is 0.251 e. The minimum Gasteiger partial charge on any atom is -0.352 e. The van der Waals surface area contributed by atoms with Gasteiger partial charge >= 0.3 is 0 Å². The molecule has 0 bridgehead atoms. The van der Waals surface area contributed by atoms with E-state index in [4.69, 9.17) is 4.98 Å². The van der Waals surface area contributed by atoms with E-state index >= 15 is 0 Å². The molecule has 0 unspecified atom stereocenters. The molecule has 0 saturated heterocycles. The van der Waals surface area contributed by atoms with Gasteiger partial charge in [-0.05, 0) is 98.3 Å². The Bertz CT molecular complexity index is 1280. The Balaban J connectivity index is 1.52. The Morgan fingerprint density at radius 3 is 2.33 bits per heavy atom. The lowest BCUT2D eigenvalue weighted by Crippen LogP contribution is -2.25. The zero-order chi connectivity index (χ0) is 23.5. The zero-order valence-corrected chi connectivity index (χ0v) is 19.7. The highest BCUT2D eigenvalue weighted by Gasteiger charge is 2.15. The highest BCUT2D eigenvalue weighted by molar-refractivity contribution is 5.94. The number of carbonyl (C=O) groups excluding carboxylic acids is 1. The predicted molar refractivity (Wildman–Crippen MR) is 131 cm³/mol. The summed E-state index contributed by atoms with van der Waals surface area (Å²) in [5.74, 6) is 0.481. The van der Waals surface area contributed by atoms with Crippen LogP contribution in [-0.4, -0.2) is 22.0 Å². The van der Waals surface area contributed by atoms with Gasteiger partial charge < -0.3 is 9.88 Å². The van der Waals surface area contributed by atoms with Crippen LogP contribution in [0.4, 0.5) is 4.39 Å². The minimum absolute atomic E-state index is 0.190. The van der Waals surface area contributed by atoms with Crippen LogP contribution in [0.1, 0.15) is 50.4 Å². The molecular formula is C28H30FN3O. The standard InChI is InChI=1S/C28H30FN3O/c1-18-16-19(2)21(4)24(20(18)3)17-32-26-9-6-5-8-25(26)31-27(32)10-7-15-30-28(33)22-11-13-23(29)14-12-22/h5-6,8-9,11-14,16H,7,10,15,17H2,1-4H3,(H,30,33). The molecule has 4 nitrogen and oxygen atoms in total. The van der Waals surface area contributed by atoms with E-state index in [-0.39, 0.29) is 11.7 Å². The monoisotopic (exact) mass is 443 g/mol. The van der Waals surface area contributed by atoms with Crippen LogP contribution >= 0.6 is 0 Å². The fraction of sp³-hybridized carbons (Fsp3) is 0.286. The van der Waals surface area contributed by atoms with Crippen molar-refractivity contribution in [3.63, 3.8) is 0 Å². The lowest BCUT2D eigenvalue weighted by Gasteiger charge is -2.18. The molecule has 0 spiro atoms. The van der Waals surface area contributed by atoms with E-state index in [1.165, 1.54) is 52.1 Å². The van der Waals surface area contributed by atoms with Crippen molar-refractivity contribution >= 4 is 16.9 Å². The number of amides is 1. The van der Waals surface area contributed by atoms with Crippen molar-refractivity contribution in [3.05, 3.63) is 99.6 Å². The number of aryl methyl sites for hydroxylation is 3. The van der Waals surface area contributed by atoms with E-state index in [2.05, 4.69) is 55.8 Å². The molecule has 0 aliphatic heterocycles. The van der Waals surface area contributed by atoms with Gasteiger partial charge in [0.05, 0.1) is 11.0 Å². The third kappa shape index (κ3) is 4.82. The quantitative estimate of drug-likeness (QED) is 0.366. The Morgan fingerprint density at radius 1 is 0.970 bits per heavy atom. The van der Waals surface area contributed by atoms with Crippen LogP contribution < -0.4 is 5.32 Å². The number of para-hydroxylation sites is 2. The molecule has 0 radical (unpaired) electrons. The van der Waals surface area contributed by atoms with E-state index in [0.29, 0.717) is 12.1 Å². The van der Waals surface area contributed by atoms with Crippen LogP contribution in [0.5, 0.6) is 0 Å². The number of nitrogens with one attached hydrogen (secondary N) is 1. The second-order valence-electron chi connectivity index (χ2n) is 8.71. The largest absolute Gasteiger partial charge is 0.352 e. The SMILES string of the molecule is Cc1cc(C)c(C)c(Cn2c(CCCNC(=O)c3ccc(F)cc3)nc3ccccc32)c1C. The van der Waals surface area contributed by atoms with Crippen molar-refractivity contribution in [2.75, 3.05) is 6.54 Å². The summed E-state index contributed by atoms with van der Waals surface area (Å²) < 4.78 is 15.4. The maximum Gasteiger partial charge on any atom is 0.251 e. The Kier molecular flexibility index (Phi) is 6.59. The van der Waals surface area contributed by atoms with Crippen molar-refractivity contribution in [3.8, 4) is 0 Å². The summed E-state index contributed by atoms with van der Waals surface area (Å²) in [7, 11) is 0. The fourth-order valence-corrected chi connectivity index (χ4v) is 4.34. The van der Waals surface area contributed by atoms with Crippen LogP contribution in [0, 0.1) is 33.5 Å². The van der Waals surface area contributed by atoms with Gasteiger partial charge in [0.15, 0.2) is 0 Å². The number of halogens is 1. The molecule has 1 aromatic heterocycles. The summed E-state index contributed by atoms with van der Waals surface area (Å²) in [6.45, 7) is 10.0. The summed E-state index contributed by atoms with van der Waals surface area (Å²) in [5.41, 5.74) is 9.20. The number of fused-ring (bicyclic) bond motifs is 1. The second-order valence-corrected chi connectivity index (χ2v) is 8.71. The van der Waals surface area contributed by atoms with Gasteiger partial charge in [0.25, 0.3) is 5.91 Å². The first-order chi connectivity index (χ1) is 15.8. The lowest BCUT2D eigenvalue weighted by atomic mass is 9.94. The summed E-state index contributed by atoms with van der Waals surface area (Å²) in [6, 6.07) is 16.1.